The third-order valence-corrected chi connectivity index (χ3v) is 8.71. The molecule has 2 unspecified atom stereocenters. The number of aliphatic carboxylic acids is 1. The average Bonchev–Trinajstić information content (AvgIpc) is 3.46. The minimum atomic E-state index is -4.70. The minimum Gasteiger partial charge on any atom is -0.481 e. The third kappa shape index (κ3) is 8.82. The minimum absolute atomic E-state index is 0.00244. The molecule has 0 aliphatic heterocycles. The van der Waals surface area contributed by atoms with Crippen LogP contribution in [0.1, 0.15) is 63.0 Å². The van der Waals surface area contributed by atoms with Gasteiger partial charge < -0.3 is 26.0 Å². The van der Waals surface area contributed by atoms with Gasteiger partial charge in [0.1, 0.15) is 17.6 Å². The molecule has 0 radical (unpaired) electrons. The highest BCUT2D eigenvalue weighted by Crippen LogP contribution is 2.58. The van der Waals surface area contributed by atoms with Gasteiger partial charge in [-0.3, -0.25) is 19.3 Å². The van der Waals surface area contributed by atoms with Gasteiger partial charge in [-0.15, -0.1) is 0 Å². The van der Waals surface area contributed by atoms with Crippen molar-refractivity contribution in [1.82, 2.24) is 20.9 Å². The number of fused-ring (bicyclic) bond motifs is 1. The Labute approximate surface area is 269 Å². The van der Waals surface area contributed by atoms with E-state index < -0.39 is 59.6 Å². The van der Waals surface area contributed by atoms with Crippen molar-refractivity contribution in [3.8, 4) is 0 Å². The number of carboxylic acids is 1. The fourth-order valence-electron chi connectivity index (χ4n) is 6.03. The van der Waals surface area contributed by atoms with E-state index in [0.29, 0.717) is 29.3 Å². The first kappa shape index (κ1) is 35.3. The Kier molecular flexibility index (Phi) is 11.5. The zero-order valence-electron chi connectivity index (χ0n) is 26.1. The first-order chi connectivity index (χ1) is 22.3. The highest BCUT2D eigenvalue weighted by atomic mass is 19.4. The van der Waals surface area contributed by atoms with Gasteiger partial charge in [0.2, 0.25) is 11.8 Å². The second-order valence-electron chi connectivity index (χ2n) is 12.0. The van der Waals surface area contributed by atoms with E-state index in [0.717, 1.165) is 12.5 Å². The van der Waals surface area contributed by atoms with Crippen LogP contribution in [-0.4, -0.2) is 64.9 Å². The molecule has 254 valence electrons. The smallest absolute Gasteiger partial charge is 0.439 e. The molecule has 5 N–H and O–H groups in total. The summed E-state index contributed by atoms with van der Waals surface area (Å²) in [4.78, 5) is 61.6. The monoisotopic (exact) mass is 660 g/mol. The quantitative estimate of drug-likeness (QED) is 0.126. The number of aromatic nitrogens is 1. The normalized spacial score (nSPS) is 21.0. The molecule has 1 saturated carbocycles. The Hall–Kier alpha value is -4.59. The number of benzene rings is 2. The standard InChI is InChI=1S/C33H39F3N4O7/c1-20(30(44)40-22(17-21-9-4-3-5-10-21)18-38-28(41)15-16-29(42)43)39-31(45)47-46-27-14-8-12-25(32(27,2)33(34,35)36)24-19-37-26-13-7-6-11-23(24)26/h3-7,9-11,13,19-20,22,25,27,37H,8,12,14-18H2,1-2H3,(H,38,41)(H,39,45)(H,40,44)(H,42,43)/t20-,22-,25?,27+,32?/m1/s1. The van der Waals surface area contributed by atoms with Gasteiger partial charge in [0.15, 0.2) is 0 Å². The van der Waals surface area contributed by atoms with Crippen molar-refractivity contribution in [2.45, 2.75) is 82.7 Å². The Morgan fingerprint density at radius 3 is 2.43 bits per heavy atom. The lowest BCUT2D eigenvalue weighted by molar-refractivity contribution is -0.353. The molecular formula is C33H39F3N4O7. The molecule has 3 amide bonds. The molecule has 1 aromatic heterocycles. The Bertz CT molecular complexity index is 1550. The van der Waals surface area contributed by atoms with Crippen molar-refractivity contribution in [3.05, 3.63) is 71.9 Å². The molecule has 0 saturated heterocycles. The number of carbonyl (C=O) groups excluding carboxylic acids is 3. The molecule has 1 heterocycles. The number of carbonyl (C=O) groups is 4. The molecule has 1 aliphatic rings. The average molecular weight is 661 g/mol. The van der Waals surface area contributed by atoms with Crippen molar-refractivity contribution in [1.29, 1.82) is 0 Å². The molecule has 1 aliphatic carbocycles. The van der Waals surface area contributed by atoms with Gasteiger partial charge in [0.25, 0.3) is 0 Å². The van der Waals surface area contributed by atoms with E-state index >= 15 is 0 Å². The highest BCUT2D eigenvalue weighted by Gasteiger charge is 2.63. The van der Waals surface area contributed by atoms with E-state index in [-0.39, 0.29) is 32.2 Å². The maximum Gasteiger partial charge on any atom is 0.439 e. The number of H-pyrrole nitrogens is 1. The van der Waals surface area contributed by atoms with Crippen molar-refractivity contribution in [2.24, 2.45) is 5.41 Å². The molecule has 1 fully saturated rings. The van der Waals surface area contributed by atoms with Gasteiger partial charge in [0, 0.05) is 36.0 Å². The Morgan fingerprint density at radius 2 is 1.72 bits per heavy atom. The van der Waals surface area contributed by atoms with Crippen LogP contribution >= 0.6 is 0 Å². The van der Waals surface area contributed by atoms with Gasteiger partial charge in [0.05, 0.1) is 12.5 Å². The molecule has 2 aromatic carbocycles. The van der Waals surface area contributed by atoms with Crippen molar-refractivity contribution >= 4 is 34.8 Å². The van der Waals surface area contributed by atoms with Gasteiger partial charge in [-0.05, 0) is 50.3 Å². The van der Waals surface area contributed by atoms with E-state index in [2.05, 4.69) is 20.9 Å². The number of hydrogen-bond acceptors (Lipinski definition) is 6. The number of para-hydroxylation sites is 1. The van der Waals surface area contributed by atoms with Crippen molar-refractivity contribution in [3.63, 3.8) is 0 Å². The zero-order valence-corrected chi connectivity index (χ0v) is 26.1. The predicted octanol–water partition coefficient (Wildman–Crippen LogP) is 5.13. The lowest BCUT2D eigenvalue weighted by Crippen LogP contribution is -2.54. The number of nitrogens with one attached hydrogen (secondary N) is 4. The molecule has 47 heavy (non-hydrogen) atoms. The Morgan fingerprint density at radius 1 is 1.02 bits per heavy atom. The van der Waals surface area contributed by atoms with Gasteiger partial charge in [-0.1, -0.05) is 55.0 Å². The summed E-state index contributed by atoms with van der Waals surface area (Å²) >= 11 is 0. The van der Waals surface area contributed by atoms with Gasteiger partial charge in [-0.25, -0.2) is 4.79 Å². The zero-order chi connectivity index (χ0) is 34.2. The first-order valence-corrected chi connectivity index (χ1v) is 15.4. The topological polar surface area (TPSA) is 159 Å². The molecule has 5 atom stereocenters. The number of rotatable bonds is 13. The maximum atomic E-state index is 14.8. The Balaban J connectivity index is 1.37. The highest BCUT2D eigenvalue weighted by molar-refractivity contribution is 5.86. The van der Waals surface area contributed by atoms with Gasteiger partial charge in [-0.2, -0.15) is 18.1 Å². The molecular weight excluding hydrogens is 621 g/mol. The van der Waals surface area contributed by atoms with E-state index in [9.17, 15) is 32.3 Å². The third-order valence-electron chi connectivity index (χ3n) is 8.71. The summed E-state index contributed by atoms with van der Waals surface area (Å²) < 4.78 is 44.3. The molecule has 11 nitrogen and oxygen atoms in total. The second kappa shape index (κ2) is 15.3. The number of carboxylic acid groups (broad SMARTS) is 1. The van der Waals surface area contributed by atoms with Crippen LogP contribution in [0.2, 0.25) is 0 Å². The number of aromatic amines is 1. The predicted molar refractivity (Wildman–Crippen MR) is 165 cm³/mol. The van der Waals surface area contributed by atoms with Crippen LogP contribution in [0.3, 0.4) is 0 Å². The van der Waals surface area contributed by atoms with Crippen LogP contribution in [0.4, 0.5) is 18.0 Å². The fourth-order valence-corrected chi connectivity index (χ4v) is 6.03. The van der Waals surface area contributed by atoms with E-state index in [1.165, 1.54) is 6.92 Å². The summed E-state index contributed by atoms with van der Waals surface area (Å²) in [6.45, 7) is 2.41. The van der Waals surface area contributed by atoms with E-state index in [1.807, 2.05) is 18.2 Å². The number of alkyl halides is 3. The van der Waals surface area contributed by atoms with Crippen molar-refractivity contribution in [2.75, 3.05) is 6.54 Å². The number of hydrogen-bond donors (Lipinski definition) is 5. The summed E-state index contributed by atoms with van der Waals surface area (Å²) in [5.74, 6) is -3.25. The van der Waals surface area contributed by atoms with Crippen LogP contribution < -0.4 is 16.0 Å². The lowest BCUT2D eigenvalue weighted by Gasteiger charge is -2.46. The van der Waals surface area contributed by atoms with E-state index in [4.69, 9.17) is 14.9 Å². The maximum absolute atomic E-state index is 14.8. The molecule has 4 rings (SSSR count). The summed E-state index contributed by atoms with van der Waals surface area (Å²) in [5.41, 5.74) is -0.327. The lowest BCUT2D eigenvalue weighted by atomic mass is 9.62. The summed E-state index contributed by atoms with van der Waals surface area (Å²) in [6, 6.07) is 14.3. The molecule has 0 spiro atoms. The summed E-state index contributed by atoms with van der Waals surface area (Å²) in [6.07, 6.45) is -5.49. The molecule has 0 bridgehead atoms. The van der Waals surface area contributed by atoms with Crippen molar-refractivity contribution < 1.29 is 47.2 Å². The number of amides is 3. The molecule has 3 aromatic rings. The van der Waals surface area contributed by atoms with Crippen LogP contribution in [0, 0.1) is 5.41 Å². The van der Waals surface area contributed by atoms with Crippen LogP contribution in [0.5, 0.6) is 0 Å². The molecule has 14 heteroatoms. The first-order valence-electron chi connectivity index (χ1n) is 15.4. The van der Waals surface area contributed by atoms with Crippen LogP contribution in [0.15, 0.2) is 60.8 Å². The van der Waals surface area contributed by atoms with Gasteiger partial charge >= 0.3 is 18.2 Å². The second-order valence-corrected chi connectivity index (χ2v) is 12.0. The SMILES string of the molecule is C[C@@H](NC(=O)OO[C@H]1CCCC(c2c[nH]c3ccccc23)C1(C)C(F)(F)F)C(=O)N[C@@H](CNC(=O)CCC(=O)O)Cc1ccccc1. The fraction of sp³-hybridized carbons (Fsp3) is 0.455. The van der Waals surface area contributed by atoms with Crippen LogP contribution in [0.25, 0.3) is 10.9 Å². The van der Waals surface area contributed by atoms with E-state index in [1.54, 1.807) is 42.6 Å². The largest absolute Gasteiger partial charge is 0.481 e. The van der Waals surface area contributed by atoms with Crippen LogP contribution in [-0.2, 0) is 30.6 Å². The summed E-state index contributed by atoms with van der Waals surface area (Å²) in [5, 5.41) is 17.1. The summed E-state index contributed by atoms with van der Waals surface area (Å²) in [7, 11) is 0. The number of halogens is 3.